The van der Waals surface area contributed by atoms with Gasteiger partial charge in [0.15, 0.2) is 0 Å². The Labute approximate surface area is 137 Å². The molecule has 0 bridgehead atoms. The zero-order valence-corrected chi connectivity index (χ0v) is 13.8. The van der Waals surface area contributed by atoms with Gasteiger partial charge < -0.3 is 4.90 Å². The Morgan fingerprint density at radius 3 is 2.83 bits per heavy atom. The van der Waals surface area contributed by atoms with Gasteiger partial charge in [-0.05, 0) is 36.9 Å². The number of carbonyl (C=O) groups excluding carboxylic acids is 1. The second-order valence-electron chi connectivity index (χ2n) is 5.24. The van der Waals surface area contributed by atoms with E-state index in [0.29, 0.717) is 16.8 Å². The summed E-state index contributed by atoms with van der Waals surface area (Å²) in [6.07, 6.45) is 1.45. The monoisotopic (exact) mass is 327 g/mol. The summed E-state index contributed by atoms with van der Waals surface area (Å²) in [4.78, 5) is 31.7. The lowest BCUT2D eigenvalue weighted by Crippen LogP contribution is -2.36. The third kappa shape index (κ3) is 2.90. The molecule has 0 fully saturated rings. The molecule has 0 aliphatic carbocycles. The molecule has 0 atom stereocenters. The smallest absolute Gasteiger partial charge is 0.262 e. The molecule has 1 aromatic carbocycles. The molecule has 0 aliphatic rings. The van der Waals surface area contributed by atoms with Crippen LogP contribution in [0, 0.1) is 6.92 Å². The van der Waals surface area contributed by atoms with E-state index in [9.17, 15) is 9.59 Å². The van der Waals surface area contributed by atoms with Crippen LogP contribution in [-0.4, -0.2) is 22.0 Å². The fourth-order valence-corrected chi connectivity index (χ4v) is 3.31. The van der Waals surface area contributed by atoms with Crippen LogP contribution in [-0.2, 0) is 11.3 Å². The number of amides is 1. The lowest BCUT2D eigenvalue weighted by atomic mass is 10.2. The Balaban J connectivity index is 1.91. The van der Waals surface area contributed by atoms with Gasteiger partial charge in [0, 0.05) is 12.2 Å². The minimum atomic E-state index is -0.176. The van der Waals surface area contributed by atoms with Crippen LogP contribution in [0.4, 0.5) is 5.69 Å². The number of rotatable bonds is 4. The number of hydrogen-bond donors (Lipinski definition) is 0. The lowest BCUT2D eigenvalue weighted by molar-refractivity contribution is -0.119. The van der Waals surface area contributed by atoms with Crippen molar-refractivity contribution in [3.05, 3.63) is 58.0 Å². The van der Waals surface area contributed by atoms with Crippen molar-refractivity contribution < 1.29 is 4.79 Å². The summed E-state index contributed by atoms with van der Waals surface area (Å²) in [5.41, 5.74) is 1.73. The van der Waals surface area contributed by atoms with Gasteiger partial charge in [-0.1, -0.05) is 18.2 Å². The number of nitrogens with zero attached hydrogens (tertiary/aromatic N) is 3. The molecule has 0 radical (unpaired) electrons. The molecule has 23 heavy (non-hydrogen) atoms. The summed E-state index contributed by atoms with van der Waals surface area (Å²) in [7, 11) is 0. The van der Waals surface area contributed by atoms with Crippen molar-refractivity contribution >= 4 is 33.1 Å². The molecule has 0 saturated carbocycles. The SMILES string of the molecule is CCN(C(=O)Cn1cnc2sccc2c1=O)c1ccccc1C. The van der Waals surface area contributed by atoms with Gasteiger partial charge in [0.25, 0.3) is 5.56 Å². The van der Waals surface area contributed by atoms with E-state index in [1.54, 1.807) is 11.0 Å². The minimum absolute atomic E-state index is 0.0141. The largest absolute Gasteiger partial charge is 0.311 e. The number of aryl methyl sites for hydroxylation is 1. The van der Waals surface area contributed by atoms with Gasteiger partial charge in [-0.25, -0.2) is 4.98 Å². The van der Waals surface area contributed by atoms with Crippen LogP contribution >= 0.6 is 11.3 Å². The van der Waals surface area contributed by atoms with Crippen LogP contribution in [0.15, 0.2) is 46.8 Å². The van der Waals surface area contributed by atoms with Gasteiger partial charge in [0.05, 0.1) is 11.7 Å². The van der Waals surface area contributed by atoms with Crippen LogP contribution in [0.5, 0.6) is 0 Å². The highest BCUT2D eigenvalue weighted by atomic mass is 32.1. The maximum atomic E-state index is 12.7. The molecular weight excluding hydrogens is 310 g/mol. The van der Waals surface area contributed by atoms with Crippen molar-refractivity contribution in [2.24, 2.45) is 0 Å². The third-order valence-corrected chi connectivity index (χ3v) is 4.60. The summed E-state index contributed by atoms with van der Waals surface area (Å²) in [5, 5.41) is 2.39. The van der Waals surface area contributed by atoms with Crippen molar-refractivity contribution in [1.82, 2.24) is 9.55 Å². The molecule has 0 unspecified atom stereocenters. The van der Waals surface area contributed by atoms with Crippen molar-refractivity contribution in [3.63, 3.8) is 0 Å². The summed E-state index contributed by atoms with van der Waals surface area (Å²) in [6.45, 7) is 4.43. The fourth-order valence-electron chi connectivity index (χ4n) is 2.58. The fraction of sp³-hybridized carbons (Fsp3) is 0.235. The van der Waals surface area contributed by atoms with Crippen LogP contribution in [0.1, 0.15) is 12.5 Å². The maximum Gasteiger partial charge on any atom is 0.262 e. The lowest BCUT2D eigenvalue weighted by Gasteiger charge is -2.23. The normalized spacial score (nSPS) is 10.9. The first-order valence-electron chi connectivity index (χ1n) is 7.40. The molecule has 1 amide bonds. The number of benzene rings is 1. The van der Waals surface area contributed by atoms with Gasteiger partial charge in [0.1, 0.15) is 11.4 Å². The summed E-state index contributed by atoms with van der Waals surface area (Å²) >= 11 is 1.42. The zero-order valence-electron chi connectivity index (χ0n) is 13.0. The van der Waals surface area contributed by atoms with E-state index in [-0.39, 0.29) is 18.0 Å². The molecule has 0 N–H and O–H groups in total. The first-order valence-corrected chi connectivity index (χ1v) is 8.28. The Morgan fingerprint density at radius 2 is 2.09 bits per heavy atom. The third-order valence-electron chi connectivity index (χ3n) is 3.78. The molecule has 5 nitrogen and oxygen atoms in total. The number of carbonyl (C=O) groups is 1. The zero-order chi connectivity index (χ0) is 16.4. The molecule has 6 heteroatoms. The van der Waals surface area contributed by atoms with E-state index in [2.05, 4.69) is 4.98 Å². The molecule has 118 valence electrons. The minimum Gasteiger partial charge on any atom is -0.311 e. The number of likely N-dealkylation sites (N-methyl/N-ethyl adjacent to an activating group) is 1. The highest BCUT2D eigenvalue weighted by molar-refractivity contribution is 7.16. The number of aromatic nitrogens is 2. The second kappa shape index (κ2) is 6.34. The predicted molar refractivity (Wildman–Crippen MR) is 93.1 cm³/mol. The van der Waals surface area contributed by atoms with Gasteiger partial charge in [-0.3, -0.25) is 14.2 Å². The van der Waals surface area contributed by atoms with Gasteiger partial charge in [-0.15, -0.1) is 11.3 Å². The highest BCUT2D eigenvalue weighted by Crippen LogP contribution is 2.19. The van der Waals surface area contributed by atoms with E-state index in [0.717, 1.165) is 11.3 Å². The van der Waals surface area contributed by atoms with Crippen LogP contribution in [0.3, 0.4) is 0 Å². The molecule has 0 spiro atoms. The maximum absolute atomic E-state index is 12.7. The molecule has 3 aromatic rings. The summed E-state index contributed by atoms with van der Waals surface area (Å²) in [5.74, 6) is -0.125. The van der Waals surface area contributed by atoms with Crippen LogP contribution < -0.4 is 10.5 Å². The Kier molecular flexibility index (Phi) is 4.25. The average Bonchev–Trinajstić information content (AvgIpc) is 3.02. The van der Waals surface area contributed by atoms with Crippen molar-refractivity contribution in [1.29, 1.82) is 0 Å². The highest BCUT2D eigenvalue weighted by Gasteiger charge is 2.17. The first kappa shape index (κ1) is 15.4. The Bertz CT molecular complexity index is 913. The van der Waals surface area contributed by atoms with Crippen LogP contribution in [0.2, 0.25) is 0 Å². The molecule has 3 rings (SSSR count). The van der Waals surface area contributed by atoms with Gasteiger partial charge in [0.2, 0.25) is 5.91 Å². The standard InChI is InChI=1S/C17H17N3O2S/c1-3-20(14-7-5-4-6-12(14)2)15(21)10-19-11-18-16-13(17(19)22)8-9-23-16/h4-9,11H,3,10H2,1-2H3. The topological polar surface area (TPSA) is 55.2 Å². The first-order chi connectivity index (χ1) is 11.1. The molecular formula is C17H17N3O2S. The Hall–Kier alpha value is -2.47. The van der Waals surface area contributed by atoms with Crippen LogP contribution in [0.25, 0.3) is 10.2 Å². The van der Waals surface area contributed by atoms with Crippen molar-refractivity contribution in [2.75, 3.05) is 11.4 Å². The average molecular weight is 327 g/mol. The number of thiophene rings is 1. The number of fused-ring (bicyclic) bond motifs is 1. The number of para-hydroxylation sites is 1. The van der Waals surface area contributed by atoms with E-state index in [1.165, 1.54) is 22.2 Å². The van der Waals surface area contributed by atoms with E-state index in [4.69, 9.17) is 0 Å². The Morgan fingerprint density at radius 1 is 1.30 bits per heavy atom. The van der Waals surface area contributed by atoms with Gasteiger partial charge in [-0.2, -0.15) is 0 Å². The predicted octanol–water partition coefficient (Wildman–Crippen LogP) is 2.82. The number of hydrogen-bond acceptors (Lipinski definition) is 4. The van der Waals surface area contributed by atoms with E-state index in [1.807, 2.05) is 43.5 Å². The number of anilines is 1. The molecule has 2 heterocycles. The summed E-state index contributed by atoms with van der Waals surface area (Å²) in [6, 6.07) is 9.48. The van der Waals surface area contributed by atoms with Crippen molar-refractivity contribution in [3.8, 4) is 0 Å². The summed E-state index contributed by atoms with van der Waals surface area (Å²) < 4.78 is 1.37. The molecule has 2 aromatic heterocycles. The van der Waals surface area contributed by atoms with Gasteiger partial charge >= 0.3 is 0 Å². The second-order valence-corrected chi connectivity index (χ2v) is 6.14. The van der Waals surface area contributed by atoms with E-state index < -0.39 is 0 Å². The van der Waals surface area contributed by atoms with E-state index >= 15 is 0 Å². The molecule has 0 aliphatic heterocycles. The molecule has 0 saturated heterocycles. The quantitative estimate of drug-likeness (QED) is 0.740. The van der Waals surface area contributed by atoms with Crippen molar-refractivity contribution in [2.45, 2.75) is 20.4 Å².